The van der Waals surface area contributed by atoms with Crippen molar-refractivity contribution in [3.63, 3.8) is 0 Å². The van der Waals surface area contributed by atoms with Crippen LogP contribution in [0.5, 0.6) is 0 Å². The zero-order valence-corrected chi connectivity index (χ0v) is 13.2. The number of carbonyl (C=O) groups excluding carboxylic acids is 1. The Morgan fingerprint density at radius 3 is 2.57 bits per heavy atom. The van der Waals surface area contributed by atoms with E-state index in [1.807, 2.05) is 24.3 Å². The molecule has 1 aromatic carbocycles. The first-order valence-electron chi connectivity index (χ1n) is 7.85. The minimum absolute atomic E-state index is 0.223. The van der Waals surface area contributed by atoms with Gasteiger partial charge in [-0.15, -0.1) is 0 Å². The molecular weight excluding hydrogens is 292 g/mol. The van der Waals surface area contributed by atoms with Crippen LogP contribution in [0.2, 0.25) is 0 Å². The topological polar surface area (TPSA) is 67.2 Å². The third kappa shape index (κ3) is 3.41. The van der Waals surface area contributed by atoms with Gasteiger partial charge in [-0.3, -0.25) is 9.59 Å². The number of nitrogens with zero attached hydrogens (tertiary/aromatic N) is 3. The zero-order chi connectivity index (χ0) is 16.2. The molecule has 1 saturated heterocycles. The van der Waals surface area contributed by atoms with Gasteiger partial charge in [0.05, 0.1) is 11.4 Å². The van der Waals surface area contributed by atoms with Crippen LogP contribution in [0.15, 0.2) is 41.2 Å². The largest absolute Gasteiger partial charge is 0.370 e. The van der Waals surface area contributed by atoms with E-state index < -0.39 is 0 Å². The van der Waals surface area contributed by atoms with Gasteiger partial charge in [0.2, 0.25) is 0 Å². The normalized spacial score (nSPS) is 14.6. The second-order valence-corrected chi connectivity index (χ2v) is 5.70. The number of benzene rings is 1. The molecule has 1 aliphatic rings. The molecule has 0 aliphatic carbocycles. The van der Waals surface area contributed by atoms with E-state index in [9.17, 15) is 9.59 Å². The molecule has 1 N–H and O–H groups in total. The molecule has 1 amide bonds. The van der Waals surface area contributed by atoms with Gasteiger partial charge >= 0.3 is 0 Å². The first-order chi connectivity index (χ1) is 11.1. The summed E-state index contributed by atoms with van der Waals surface area (Å²) in [6, 6.07) is 10.6. The Balaban J connectivity index is 1.83. The minimum atomic E-state index is -0.315. The molecule has 1 aromatic heterocycles. The van der Waals surface area contributed by atoms with E-state index in [-0.39, 0.29) is 17.2 Å². The molecule has 23 heavy (non-hydrogen) atoms. The quantitative estimate of drug-likeness (QED) is 0.941. The molecule has 2 heterocycles. The lowest BCUT2D eigenvalue weighted by Crippen LogP contribution is -2.30. The highest BCUT2D eigenvalue weighted by atomic mass is 16.2. The summed E-state index contributed by atoms with van der Waals surface area (Å²) in [4.78, 5) is 26.1. The number of nitrogens with one attached hydrogen (secondary N) is 1. The van der Waals surface area contributed by atoms with Crippen molar-refractivity contribution < 1.29 is 4.79 Å². The summed E-state index contributed by atoms with van der Waals surface area (Å²) in [7, 11) is 1.53. The van der Waals surface area contributed by atoms with E-state index in [2.05, 4.69) is 15.3 Å². The van der Waals surface area contributed by atoms with Gasteiger partial charge < -0.3 is 10.2 Å². The molecule has 120 valence electrons. The standard InChI is InChI=1S/C17H20N4O2/c1-20-16(22)10-9-14(19-20)17(23)18-13-7-3-4-8-15(13)21-11-5-2-6-12-21/h3-4,7-10H,2,5-6,11-12H2,1H3,(H,18,23). The maximum absolute atomic E-state index is 12.4. The number of aromatic nitrogens is 2. The molecule has 6 nitrogen and oxygen atoms in total. The Hall–Kier alpha value is -2.63. The highest BCUT2D eigenvalue weighted by molar-refractivity contribution is 6.04. The third-order valence-electron chi connectivity index (χ3n) is 4.04. The van der Waals surface area contributed by atoms with Crippen LogP contribution in [0.4, 0.5) is 11.4 Å². The number of aryl methyl sites for hydroxylation is 1. The highest BCUT2D eigenvalue weighted by Gasteiger charge is 2.16. The van der Waals surface area contributed by atoms with E-state index in [0.29, 0.717) is 0 Å². The predicted octanol–water partition coefficient (Wildman–Crippen LogP) is 2.02. The van der Waals surface area contributed by atoms with Crippen LogP contribution in [0.3, 0.4) is 0 Å². The summed E-state index contributed by atoms with van der Waals surface area (Å²) in [6.07, 6.45) is 3.60. The molecule has 3 rings (SSSR count). The average molecular weight is 312 g/mol. The molecule has 0 spiro atoms. The van der Waals surface area contributed by atoms with Crippen LogP contribution in [-0.4, -0.2) is 28.8 Å². The van der Waals surface area contributed by atoms with Crippen molar-refractivity contribution >= 4 is 17.3 Å². The molecule has 6 heteroatoms. The Morgan fingerprint density at radius 1 is 1.09 bits per heavy atom. The van der Waals surface area contributed by atoms with Crippen molar-refractivity contribution in [3.8, 4) is 0 Å². The smallest absolute Gasteiger partial charge is 0.276 e. The maximum atomic E-state index is 12.4. The molecule has 0 bridgehead atoms. The van der Waals surface area contributed by atoms with E-state index in [1.54, 1.807) is 0 Å². The highest BCUT2D eigenvalue weighted by Crippen LogP contribution is 2.28. The molecule has 0 saturated carbocycles. The minimum Gasteiger partial charge on any atom is -0.370 e. The first kappa shape index (κ1) is 15.3. The second kappa shape index (κ2) is 6.64. The van der Waals surface area contributed by atoms with Crippen LogP contribution in [-0.2, 0) is 7.05 Å². The summed E-state index contributed by atoms with van der Waals surface area (Å²) in [5.74, 6) is -0.315. The van der Waals surface area contributed by atoms with Gasteiger partial charge in [-0.2, -0.15) is 5.10 Å². The summed E-state index contributed by atoms with van der Waals surface area (Å²) >= 11 is 0. The van der Waals surface area contributed by atoms with Gasteiger partial charge in [0.25, 0.3) is 11.5 Å². The van der Waals surface area contributed by atoms with Crippen molar-refractivity contribution in [3.05, 3.63) is 52.4 Å². The van der Waals surface area contributed by atoms with Crippen molar-refractivity contribution in [1.82, 2.24) is 9.78 Å². The first-order valence-corrected chi connectivity index (χ1v) is 7.85. The Kier molecular flexibility index (Phi) is 4.41. The van der Waals surface area contributed by atoms with Crippen LogP contribution in [0.1, 0.15) is 29.8 Å². The second-order valence-electron chi connectivity index (χ2n) is 5.70. The number of anilines is 2. The summed E-state index contributed by atoms with van der Waals surface area (Å²) < 4.78 is 1.16. The Bertz CT molecular complexity index is 763. The SMILES string of the molecule is Cn1nc(C(=O)Nc2ccccc2N2CCCCC2)ccc1=O. The molecule has 0 radical (unpaired) electrons. The fourth-order valence-corrected chi connectivity index (χ4v) is 2.80. The lowest BCUT2D eigenvalue weighted by Gasteiger charge is -2.30. The molecule has 0 unspecified atom stereocenters. The lowest BCUT2D eigenvalue weighted by atomic mass is 10.1. The molecular formula is C17H20N4O2. The summed E-state index contributed by atoms with van der Waals surface area (Å²) in [5.41, 5.74) is 1.79. The van der Waals surface area contributed by atoms with Gasteiger partial charge in [-0.25, -0.2) is 4.68 Å². The van der Waals surface area contributed by atoms with Crippen molar-refractivity contribution in [2.75, 3.05) is 23.3 Å². The number of carbonyl (C=O) groups is 1. The molecule has 1 aliphatic heterocycles. The van der Waals surface area contributed by atoms with Crippen molar-refractivity contribution in [2.45, 2.75) is 19.3 Å². The Morgan fingerprint density at radius 2 is 1.83 bits per heavy atom. The maximum Gasteiger partial charge on any atom is 0.276 e. The molecule has 2 aromatic rings. The monoisotopic (exact) mass is 312 g/mol. The predicted molar refractivity (Wildman–Crippen MR) is 89.9 cm³/mol. The summed E-state index contributed by atoms with van der Waals surface area (Å²) in [5, 5.41) is 6.90. The van der Waals surface area contributed by atoms with Gasteiger partial charge in [-0.05, 0) is 37.5 Å². The van der Waals surface area contributed by atoms with Gasteiger partial charge in [0, 0.05) is 26.2 Å². The number of hydrogen-bond donors (Lipinski definition) is 1. The Labute approximate surface area is 134 Å². The van der Waals surface area contributed by atoms with Crippen molar-refractivity contribution in [2.24, 2.45) is 7.05 Å². The van der Waals surface area contributed by atoms with Gasteiger partial charge in [0.15, 0.2) is 0 Å². The fraction of sp³-hybridized carbons (Fsp3) is 0.353. The van der Waals surface area contributed by atoms with E-state index in [0.717, 1.165) is 29.1 Å². The van der Waals surface area contributed by atoms with E-state index >= 15 is 0 Å². The number of para-hydroxylation sites is 2. The van der Waals surface area contributed by atoms with Gasteiger partial charge in [-0.1, -0.05) is 12.1 Å². The third-order valence-corrected chi connectivity index (χ3v) is 4.04. The average Bonchev–Trinajstić information content (AvgIpc) is 2.58. The van der Waals surface area contributed by atoms with Crippen LogP contribution in [0, 0.1) is 0 Å². The molecule has 0 atom stereocenters. The van der Waals surface area contributed by atoms with E-state index in [1.165, 1.54) is 38.4 Å². The zero-order valence-electron chi connectivity index (χ0n) is 13.2. The fourth-order valence-electron chi connectivity index (χ4n) is 2.80. The van der Waals surface area contributed by atoms with E-state index in [4.69, 9.17) is 0 Å². The number of amides is 1. The van der Waals surface area contributed by atoms with Crippen LogP contribution in [0.25, 0.3) is 0 Å². The number of rotatable bonds is 3. The van der Waals surface area contributed by atoms with Gasteiger partial charge in [0.1, 0.15) is 5.69 Å². The number of hydrogen-bond acceptors (Lipinski definition) is 4. The summed E-state index contributed by atoms with van der Waals surface area (Å²) in [6.45, 7) is 2.01. The lowest BCUT2D eigenvalue weighted by molar-refractivity contribution is 0.102. The number of piperidine rings is 1. The van der Waals surface area contributed by atoms with Crippen LogP contribution < -0.4 is 15.8 Å². The van der Waals surface area contributed by atoms with Crippen molar-refractivity contribution in [1.29, 1.82) is 0 Å². The van der Waals surface area contributed by atoms with Crippen LogP contribution >= 0.6 is 0 Å². The molecule has 1 fully saturated rings.